The van der Waals surface area contributed by atoms with Gasteiger partial charge in [0.2, 0.25) is 0 Å². The van der Waals surface area contributed by atoms with Gasteiger partial charge in [-0.2, -0.15) is 0 Å². The summed E-state index contributed by atoms with van der Waals surface area (Å²) in [7, 11) is 0. The highest BCUT2D eigenvalue weighted by Gasteiger charge is 2.45. The van der Waals surface area contributed by atoms with E-state index in [2.05, 4.69) is 24.5 Å². The maximum Gasteiger partial charge on any atom is 0.329 e. The van der Waals surface area contributed by atoms with Gasteiger partial charge in [0.25, 0.3) is 0 Å². The standard InChI is InChI=1S/C14H26N2O3/c1-3-5-7-11(4-2)10-15-13(19)16-14(12(17)18)8-6-9-14/h11H,3-10H2,1-2H3,(H,17,18)(H2,15,16,19). The molecule has 110 valence electrons. The third-order valence-electron chi connectivity index (χ3n) is 4.06. The van der Waals surface area contributed by atoms with Crippen molar-refractivity contribution < 1.29 is 14.7 Å². The number of urea groups is 1. The summed E-state index contributed by atoms with van der Waals surface area (Å²) in [6.07, 6.45) is 6.39. The lowest BCUT2D eigenvalue weighted by Gasteiger charge is -2.38. The molecule has 1 rings (SSSR count). The molecular formula is C14H26N2O3. The number of rotatable bonds is 8. The van der Waals surface area contributed by atoms with Gasteiger partial charge < -0.3 is 15.7 Å². The van der Waals surface area contributed by atoms with Crippen molar-refractivity contribution in [3.05, 3.63) is 0 Å². The molecule has 0 aromatic rings. The van der Waals surface area contributed by atoms with E-state index in [9.17, 15) is 9.59 Å². The van der Waals surface area contributed by atoms with Crippen LogP contribution in [0.25, 0.3) is 0 Å². The van der Waals surface area contributed by atoms with Gasteiger partial charge in [0.15, 0.2) is 0 Å². The van der Waals surface area contributed by atoms with E-state index in [1.165, 1.54) is 6.42 Å². The molecule has 0 heterocycles. The molecule has 19 heavy (non-hydrogen) atoms. The Balaban J connectivity index is 2.32. The summed E-state index contributed by atoms with van der Waals surface area (Å²) in [5, 5.41) is 14.6. The number of hydrogen-bond donors (Lipinski definition) is 3. The van der Waals surface area contributed by atoms with Crippen LogP contribution in [0, 0.1) is 5.92 Å². The van der Waals surface area contributed by atoms with E-state index in [0.29, 0.717) is 25.3 Å². The van der Waals surface area contributed by atoms with Crippen molar-refractivity contribution in [2.24, 2.45) is 5.92 Å². The summed E-state index contributed by atoms with van der Waals surface area (Å²) < 4.78 is 0. The molecule has 1 saturated carbocycles. The molecule has 0 saturated heterocycles. The summed E-state index contributed by atoms with van der Waals surface area (Å²) in [6, 6.07) is -0.350. The Labute approximate surface area is 115 Å². The van der Waals surface area contributed by atoms with Crippen molar-refractivity contribution in [3.63, 3.8) is 0 Å². The molecule has 1 aliphatic carbocycles. The number of nitrogens with one attached hydrogen (secondary N) is 2. The summed E-state index contributed by atoms with van der Waals surface area (Å²) in [6.45, 7) is 4.89. The summed E-state index contributed by atoms with van der Waals surface area (Å²) in [5.74, 6) is -0.445. The van der Waals surface area contributed by atoms with E-state index in [0.717, 1.165) is 25.7 Å². The number of aliphatic carboxylic acids is 1. The molecule has 5 heteroatoms. The lowest BCUT2D eigenvalue weighted by molar-refractivity contribution is -0.148. The number of carbonyl (C=O) groups is 2. The van der Waals surface area contributed by atoms with Gasteiger partial charge in [0.05, 0.1) is 0 Å². The first-order valence-electron chi connectivity index (χ1n) is 7.33. The second-order valence-electron chi connectivity index (χ2n) is 5.49. The second-order valence-corrected chi connectivity index (χ2v) is 5.49. The van der Waals surface area contributed by atoms with E-state index < -0.39 is 11.5 Å². The monoisotopic (exact) mass is 270 g/mol. The number of unbranched alkanes of at least 4 members (excludes halogenated alkanes) is 1. The van der Waals surface area contributed by atoms with Gasteiger partial charge in [-0.3, -0.25) is 0 Å². The Bertz CT molecular complexity index is 314. The molecule has 0 aromatic carbocycles. The average Bonchev–Trinajstić information content (AvgIpc) is 2.33. The lowest BCUT2D eigenvalue weighted by Crippen LogP contribution is -2.61. The van der Waals surface area contributed by atoms with Crippen LogP contribution in [0.4, 0.5) is 4.79 Å². The molecule has 0 spiro atoms. The largest absolute Gasteiger partial charge is 0.480 e. The topological polar surface area (TPSA) is 78.4 Å². The van der Waals surface area contributed by atoms with Crippen LogP contribution >= 0.6 is 0 Å². The van der Waals surface area contributed by atoms with Gasteiger partial charge in [-0.25, -0.2) is 9.59 Å². The van der Waals surface area contributed by atoms with Crippen molar-refractivity contribution in [2.75, 3.05) is 6.54 Å². The van der Waals surface area contributed by atoms with Gasteiger partial charge in [-0.1, -0.05) is 33.1 Å². The molecule has 1 fully saturated rings. The molecule has 3 N–H and O–H groups in total. The van der Waals surface area contributed by atoms with Crippen LogP contribution in [0.2, 0.25) is 0 Å². The highest BCUT2D eigenvalue weighted by atomic mass is 16.4. The fourth-order valence-corrected chi connectivity index (χ4v) is 2.36. The van der Waals surface area contributed by atoms with Gasteiger partial charge in [0.1, 0.15) is 5.54 Å². The molecule has 2 amide bonds. The normalized spacial score (nSPS) is 18.2. The smallest absolute Gasteiger partial charge is 0.329 e. The van der Waals surface area contributed by atoms with Crippen LogP contribution in [0.5, 0.6) is 0 Å². The minimum Gasteiger partial charge on any atom is -0.480 e. The van der Waals surface area contributed by atoms with Crippen molar-refractivity contribution in [2.45, 2.75) is 64.3 Å². The average molecular weight is 270 g/mol. The Hall–Kier alpha value is -1.26. The second kappa shape index (κ2) is 7.36. The molecule has 5 nitrogen and oxygen atoms in total. The molecule has 1 unspecified atom stereocenters. The molecule has 1 atom stereocenters. The number of carboxylic acid groups (broad SMARTS) is 1. The van der Waals surface area contributed by atoms with Crippen molar-refractivity contribution >= 4 is 12.0 Å². The third-order valence-corrected chi connectivity index (χ3v) is 4.06. The maximum atomic E-state index is 11.8. The Morgan fingerprint density at radius 3 is 2.42 bits per heavy atom. The van der Waals surface area contributed by atoms with Gasteiger partial charge in [0, 0.05) is 6.54 Å². The number of carboxylic acids is 1. The van der Waals surface area contributed by atoms with Gasteiger partial charge >= 0.3 is 12.0 Å². The highest BCUT2D eigenvalue weighted by molar-refractivity contribution is 5.87. The first-order chi connectivity index (χ1) is 9.04. The zero-order valence-corrected chi connectivity index (χ0v) is 12.0. The molecular weight excluding hydrogens is 244 g/mol. The summed E-state index contributed by atoms with van der Waals surface area (Å²) >= 11 is 0. The molecule has 0 aliphatic heterocycles. The zero-order valence-electron chi connectivity index (χ0n) is 12.0. The molecule has 0 aromatic heterocycles. The zero-order chi connectivity index (χ0) is 14.3. The lowest BCUT2D eigenvalue weighted by atomic mass is 9.77. The van der Waals surface area contributed by atoms with Crippen molar-refractivity contribution in [1.29, 1.82) is 0 Å². The fourth-order valence-electron chi connectivity index (χ4n) is 2.36. The van der Waals surface area contributed by atoms with Gasteiger partial charge in [-0.15, -0.1) is 0 Å². The van der Waals surface area contributed by atoms with Crippen LogP contribution in [0.1, 0.15) is 58.8 Å². The first kappa shape index (κ1) is 15.8. The Morgan fingerprint density at radius 2 is 2.00 bits per heavy atom. The Morgan fingerprint density at radius 1 is 1.32 bits per heavy atom. The van der Waals surface area contributed by atoms with Crippen LogP contribution in [-0.2, 0) is 4.79 Å². The van der Waals surface area contributed by atoms with Crippen molar-refractivity contribution in [1.82, 2.24) is 10.6 Å². The summed E-state index contributed by atoms with van der Waals surface area (Å²) in [5.41, 5.74) is -1.02. The van der Waals surface area contributed by atoms with Crippen LogP contribution in [-0.4, -0.2) is 29.2 Å². The fraction of sp³-hybridized carbons (Fsp3) is 0.857. The van der Waals surface area contributed by atoms with Crippen LogP contribution < -0.4 is 10.6 Å². The van der Waals surface area contributed by atoms with Crippen LogP contribution in [0.15, 0.2) is 0 Å². The minimum absolute atomic E-state index is 0.350. The van der Waals surface area contributed by atoms with E-state index in [1.807, 2.05) is 0 Å². The maximum absolute atomic E-state index is 11.8. The predicted octanol–water partition coefficient (Wildman–Crippen LogP) is 2.51. The Kier molecular flexibility index (Phi) is 6.12. The molecule has 0 radical (unpaired) electrons. The number of amides is 2. The molecule has 0 bridgehead atoms. The summed E-state index contributed by atoms with van der Waals surface area (Å²) in [4.78, 5) is 22.9. The van der Waals surface area contributed by atoms with E-state index in [4.69, 9.17) is 5.11 Å². The predicted molar refractivity (Wildman–Crippen MR) is 74.1 cm³/mol. The van der Waals surface area contributed by atoms with E-state index in [-0.39, 0.29) is 6.03 Å². The number of hydrogen-bond acceptors (Lipinski definition) is 2. The van der Waals surface area contributed by atoms with E-state index >= 15 is 0 Å². The minimum atomic E-state index is -1.02. The van der Waals surface area contributed by atoms with Gasteiger partial charge in [-0.05, 0) is 31.6 Å². The molecule has 1 aliphatic rings. The van der Waals surface area contributed by atoms with Crippen molar-refractivity contribution in [3.8, 4) is 0 Å². The third kappa shape index (κ3) is 4.40. The van der Waals surface area contributed by atoms with E-state index in [1.54, 1.807) is 0 Å². The highest BCUT2D eigenvalue weighted by Crippen LogP contribution is 2.31. The first-order valence-corrected chi connectivity index (χ1v) is 7.33. The SMILES string of the molecule is CCCCC(CC)CNC(=O)NC1(C(=O)O)CCC1. The quantitative estimate of drug-likeness (QED) is 0.634. The number of carbonyl (C=O) groups excluding carboxylic acids is 1. The van der Waals surface area contributed by atoms with Crippen LogP contribution in [0.3, 0.4) is 0 Å².